The lowest BCUT2D eigenvalue weighted by Crippen LogP contribution is -3.28. The van der Waals surface area contributed by atoms with E-state index in [1.165, 1.54) is 10.5 Å². The minimum atomic E-state index is 0.0581. The van der Waals surface area contributed by atoms with Crippen LogP contribution in [0.15, 0.2) is 54.6 Å². The summed E-state index contributed by atoms with van der Waals surface area (Å²) in [7, 11) is 0. The van der Waals surface area contributed by atoms with Gasteiger partial charge in [0.1, 0.15) is 26.2 Å². The molecule has 2 aromatic rings. The number of carbonyl (C=O) groups is 1. The minimum absolute atomic E-state index is 0.0581. The van der Waals surface area contributed by atoms with Crippen LogP contribution in [0.25, 0.3) is 6.08 Å². The molecule has 1 aliphatic rings. The van der Waals surface area contributed by atoms with Crippen molar-refractivity contribution in [2.45, 2.75) is 6.92 Å². The Balaban J connectivity index is 1.40. The summed E-state index contributed by atoms with van der Waals surface area (Å²) in [6.07, 6.45) is 4.44. The third kappa shape index (κ3) is 6.21. The van der Waals surface area contributed by atoms with Crippen LogP contribution in [0.3, 0.4) is 0 Å². The van der Waals surface area contributed by atoms with Crippen LogP contribution in [0, 0.1) is 6.92 Å². The lowest BCUT2D eigenvalue weighted by Gasteiger charge is -2.28. The van der Waals surface area contributed by atoms with E-state index in [1.54, 1.807) is 4.90 Å². The molecule has 0 unspecified atom stereocenters. The van der Waals surface area contributed by atoms with Crippen LogP contribution in [-0.2, 0) is 4.79 Å². The van der Waals surface area contributed by atoms with Gasteiger partial charge in [-0.2, -0.15) is 0 Å². The standard InChI is InChI=1S/C22H26ClN3O/c1-18-9-10-20(23)16-21(18)24-22(27)17-26-14-12-25(13-15-26)11-5-8-19-6-3-2-4-7-19/h2-10,16H,11-15,17H2,1H3,(H,24,27)/p+2/b8-5+. The number of nitrogens with one attached hydrogen (secondary N) is 3. The number of hydrogen-bond acceptors (Lipinski definition) is 1. The molecule has 1 aliphatic heterocycles. The molecule has 27 heavy (non-hydrogen) atoms. The molecule has 1 heterocycles. The Bertz CT molecular complexity index is 783. The highest BCUT2D eigenvalue weighted by Gasteiger charge is 2.24. The highest BCUT2D eigenvalue weighted by Crippen LogP contribution is 2.19. The van der Waals surface area contributed by atoms with Gasteiger partial charge in [-0.3, -0.25) is 4.79 Å². The Kier molecular flexibility index (Phi) is 7.04. The number of hydrogen-bond donors (Lipinski definition) is 3. The Morgan fingerprint density at radius 3 is 2.52 bits per heavy atom. The summed E-state index contributed by atoms with van der Waals surface area (Å²) in [5.74, 6) is 0.0581. The van der Waals surface area contributed by atoms with Gasteiger partial charge in [0.15, 0.2) is 6.54 Å². The highest BCUT2D eigenvalue weighted by molar-refractivity contribution is 6.31. The van der Waals surface area contributed by atoms with Gasteiger partial charge in [-0.15, -0.1) is 0 Å². The van der Waals surface area contributed by atoms with Crippen molar-refractivity contribution in [1.82, 2.24) is 0 Å². The van der Waals surface area contributed by atoms with Crippen LogP contribution in [0.1, 0.15) is 11.1 Å². The van der Waals surface area contributed by atoms with Crippen LogP contribution in [0.2, 0.25) is 5.02 Å². The van der Waals surface area contributed by atoms with E-state index >= 15 is 0 Å². The first-order valence-corrected chi connectivity index (χ1v) is 9.92. The molecule has 1 saturated heterocycles. The third-order valence-corrected chi connectivity index (χ3v) is 5.30. The molecule has 0 atom stereocenters. The monoisotopic (exact) mass is 385 g/mol. The van der Waals surface area contributed by atoms with Crippen molar-refractivity contribution in [2.24, 2.45) is 0 Å². The number of halogens is 1. The average Bonchev–Trinajstić information content (AvgIpc) is 2.67. The van der Waals surface area contributed by atoms with Gasteiger partial charge in [0.25, 0.3) is 5.91 Å². The van der Waals surface area contributed by atoms with Crippen LogP contribution in [-0.4, -0.2) is 45.2 Å². The largest absolute Gasteiger partial charge is 0.322 e. The van der Waals surface area contributed by atoms with E-state index in [0.29, 0.717) is 11.6 Å². The van der Waals surface area contributed by atoms with Crippen LogP contribution in [0.4, 0.5) is 5.69 Å². The first-order valence-electron chi connectivity index (χ1n) is 9.55. The van der Waals surface area contributed by atoms with Gasteiger partial charge >= 0.3 is 0 Å². The van der Waals surface area contributed by atoms with E-state index in [1.807, 2.05) is 31.2 Å². The number of rotatable bonds is 6. The number of carbonyl (C=O) groups excluding carboxylic acids is 1. The zero-order chi connectivity index (χ0) is 19.1. The predicted octanol–water partition coefficient (Wildman–Crippen LogP) is 1.08. The van der Waals surface area contributed by atoms with Gasteiger partial charge in [-0.05, 0) is 36.3 Å². The molecule has 1 fully saturated rings. The summed E-state index contributed by atoms with van der Waals surface area (Å²) < 4.78 is 0. The summed E-state index contributed by atoms with van der Waals surface area (Å²) in [5.41, 5.74) is 3.08. The highest BCUT2D eigenvalue weighted by atomic mass is 35.5. The number of aryl methyl sites for hydroxylation is 1. The van der Waals surface area contributed by atoms with Gasteiger partial charge in [0.2, 0.25) is 0 Å². The lowest BCUT2D eigenvalue weighted by molar-refractivity contribution is -1.01. The second-order valence-electron chi connectivity index (χ2n) is 7.20. The Morgan fingerprint density at radius 1 is 1.07 bits per heavy atom. The quantitative estimate of drug-likeness (QED) is 0.684. The fourth-order valence-electron chi connectivity index (χ4n) is 3.41. The molecule has 142 valence electrons. The van der Waals surface area contributed by atoms with Gasteiger partial charge in [0, 0.05) is 10.7 Å². The van der Waals surface area contributed by atoms with E-state index in [2.05, 4.69) is 41.7 Å². The van der Waals surface area contributed by atoms with Crippen molar-refractivity contribution >= 4 is 29.3 Å². The summed E-state index contributed by atoms with van der Waals surface area (Å²) in [6, 6.07) is 16.0. The lowest BCUT2D eigenvalue weighted by atomic mass is 10.2. The molecule has 0 saturated carbocycles. The van der Waals surface area contributed by atoms with Crippen molar-refractivity contribution in [2.75, 3.05) is 44.6 Å². The average molecular weight is 386 g/mol. The maximum absolute atomic E-state index is 12.4. The SMILES string of the molecule is Cc1ccc(Cl)cc1NC(=O)C[NH+]1CC[NH+](C/C=C/c2ccccc2)CC1. The molecule has 3 N–H and O–H groups in total. The predicted molar refractivity (Wildman–Crippen MR) is 111 cm³/mol. The molecule has 3 rings (SSSR count). The Hall–Kier alpha value is -2.14. The molecule has 1 amide bonds. The van der Waals surface area contributed by atoms with Crippen molar-refractivity contribution in [1.29, 1.82) is 0 Å². The van der Waals surface area contributed by atoms with Crippen molar-refractivity contribution in [3.63, 3.8) is 0 Å². The van der Waals surface area contributed by atoms with E-state index < -0.39 is 0 Å². The van der Waals surface area contributed by atoms with Crippen LogP contribution in [0.5, 0.6) is 0 Å². The Morgan fingerprint density at radius 2 is 1.78 bits per heavy atom. The number of amides is 1. The summed E-state index contributed by atoms with van der Waals surface area (Å²) >= 11 is 6.02. The first kappa shape index (κ1) is 19.6. The minimum Gasteiger partial charge on any atom is -0.322 e. The normalized spacial score (nSPS) is 19.9. The van der Waals surface area contributed by atoms with E-state index in [4.69, 9.17) is 11.6 Å². The van der Waals surface area contributed by atoms with Gasteiger partial charge < -0.3 is 15.1 Å². The van der Waals surface area contributed by atoms with E-state index in [0.717, 1.165) is 44.0 Å². The van der Waals surface area contributed by atoms with Crippen LogP contribution >= 0.6 is 11.6 Å². The topological polar surface area (TPSA) is 38.0 Å². The maximum Gasteiger partial charge on any atom is 0.279 e. The summed E-state index contributed by atoms with van der Waals surface area (Å²) in [6.45, 7) is 7.77. The molecule has 5 heteroatoms. The molecule has 0 bridgehead atoms. The summed E-state index contributed by atoms with van der Waals surface area (Å²) in [5, 5.41) is 3.64. The molecule has 0 spiro atoms. The molecule has 2 aromatic carbocycles. The van der Waals surface area contributed by atoms with E-state index in [-0.39, 0.29) is 5.91 Å². The van der Waals surface area contributed by atoms with Crippen molar-refractivity contribution in [3.05, 3.63) is 70.8 Å². The van der Waals surface area contributed by atoms with E-state index in [9.17, 15) is 4.79 Å². The first-order chi connectivity index (χ1) is 13.1. The molecular weight excluding hydrogens is 358 g/mol. The smallest absolute Gasteiger partial charge is 0.279 e. The number of piperazine rings is 1. The van der Waals surface area contributed by atoms with Crippen molar-refractivity contribution in [3.8, 4) is 0 Å². The van der Waals surface area contributed by atoms with Crippen molar-refractivity contribution < 1.29 is 14.6 Å². The van der Waals surface area contributed by atoms with Gasteiger partial charge in [-0.25, -0.2) is 0 Å². The second-order valence-corrected chi connectivity index (χ2v) is 7.64. The zero-order valence-corrected chi connectivity index (χ0v) is 16.6. The molecular formula is C22H28ClN3O+2. The van der Waals surface area contributed by atoms with Gasteiger partial charge in [0.05, 0.1) is 6.54 Å². The summed E-state index contributed by atoms with van der Waals surface area (Å²) in [4.78, 5) is 15.3. The third-order valence-electron chi connectivity index (χ3n) is 5.06. The molecule has 0 aliphatic carbocycles. The Labute approximate surface area is 166 Å². The fourth-order valence-corrected chi connectivity index (χ4v) is 3.59. The fraction of sp³-hybridized carbons (Fsp3) is 0.318. The maximum atomic E-state index is 12.4. The molecule has 0 aromatic heterocycles. The second kappa shape index (κ2) is 9.70. The van der Waals surface area contributed by atoms with Crippen LogP contribution < -0.4 is 15.1 Å². The number of quaternary nitrogens is 2. The number of benzene rings is 2. The van der Waals surface area contributed by atoms with Gasteiger partial charge in [-0.1, -0.05) is 54.1 Å². The molecule has 0 radical (unpaired) electrons. The zero-order valence-electron chi connectivity index (χ0n) is 15.8. The molecule has 4 nitrogen and oxygen atoms in total. The number of anilines is 1.